The summed E-state index contributed by atoms with van der Waals surface area (Å²) in [7, 11) is 1.47. The Morgan fingerprint density at radius 2 is 1.30 bits per heavy atom. The van der Waals surface area contributed by atoms with Crippen molar-refractivity contribution in [3.63, 3.8) is 0 Å². The van der Waals surface area contributed by atoms with E-state index in [1.165, 1.54) is 76.5 Å². The van der Waals surface area contributed by atoms with E-state index in [2.05, 4.69) is 6.92 Å². The number of allylic oxidation sites excluding steroid dienone is 8. The number of aliphatic hydroxyl groups is 3. The molecule has 0 aromatic carbocycles. The van der Waals surface area contributed by atoms with E-state index in [1.54, 1.807) is 42.5 Å². The molecule has 0 radical (unpaired) electrons. The molecule has 4 N–H and O–H groups in total. The highest BCUT2D eigenvalue weighted by atomic mass is 31.2. The van der Waals surface area contributed by atoms with Crippen LogP contribution in [-0.2, 0) is 27.9 Å². The van der Waals surface area contributed by atoms with Gasteiger partial charge in [0.05, 0.1) is 52.3 Å². The Balaban J connectivity index is 4.66. The van der Waals surface area contributed by atoms with Gasteiger partial charge in [-0.2, -0.15) is 0 Å². The third kappa shape index (κ3) is 37.2. The number of carbonyl (C=O) groups excluding carboxylic acids is 1. The zero-order valence-corrected chi connectivity index (χ0v) is 36.3. The maximum atomic E-state index is 12.5. The average Bonchev–Trinajstić information content (AvgIpc) is 3.14. The van der Waals surface area contributed by atoms with Crippen LogP contribution in [0.5, 0.6) is 0 Å². The van der Waals surface area contributed by atoms with E-state index >= 15 is 0 Å². The van der Waals surface area contributed by atoms with Crippen LogP contribution in [0.2, 0.25) is 0 Å². The number of ether oxygens (including phenoxy) is 2. The van der Waals surface area contributed by atoms with E-state index in [0.717, 1.165) is 25.7 Å². The normalized spacial score (nSPS) is 16.2. The smallest absolute Gasteiger partial charge is 0.472 e. The number of esters is 1. The third-order valence-electron chi connectivity index (χ3n) is 8.71. The molecule has 0 fully saturated rings. The average molecular weight is 813 g/mol. The molecule has 0 amide bonds. The van der Waals surface area contributed by atoms with E-state index in [-0.39, 0.29) is 39.1 Å². The highest BCUT2D eigenvalue weighted by Gasteiger charge is 2.25. The molecule has 0 heterocycles. The summed E-state index contributed by atoms with van der Waals surface area (Å²) in [4.78, 5) is 22.7. The second kappa shape index (κ2) is 35.8. The van der Waals surface area contributed by atoms with E-state index in [1.807, 2.05) is 46.3 Å². The van der Waals surface area contributed by atoms with Gasteiger partial charge in [0.15, 0.2) is 6.10 Å². The number of quaternary nitrogens is 1. The Bertz CT molecular complexity index is 1180. The molecule has 56 heavy (non-hydrogen) atoms. The summed E-state index contributed by atoms with van der Waals surface area (Å²) in [6, 6.07) is 0. The first kappa shape index (κ1) is 53.7. The molecule has 5 atom stereocenters. The minimum absolute atomic E-state index is 0.00430. The molecule has 0 saturated carbocycles. The topological polar surface area (TPSA) is 152 Å². The number of phosphoric ester groups is 1. The predicted molar refractivity (Wildman–Crippen MR) is 228 cm³/mol. The fourth-order valence-corrected chi connectivity index (χ4v) is 5.97. The fourth-order valence-electron chi connectivity index (χ4n) is 5.23. The van der Waals surface area contributed by atoms with Crippen LogP contribution in [0.1, 0.15) is 129 Å². The predicted octanol–water partition coefficient (Wildman–Crippen LogP) is 9.19. The SMILES string of the molecule is CC/C=C\C[C@@H](O)/C=C/C=C/C=C\C=C/[C@H](O)[C@@H](O)CCCC(=O)OC[C@H](COP(=O)(O)OCC[N+](C)(C)C)O/C=C/CCCCCCCCCCCCCC. The van der Waals surface area contributed by atoms with Crippen LogP contribution in [0.15, 0.2) is 73.1 Å². The number of nitrogens with zero attached hydrogens (tertiary/aromatic N) is 1. The highest BCUT2D eigenvalue weighted by Crippen LogP contribution is 2.43. The lowest BCUT2D eigenvalue weighted by Gasteiger charge is -2.24. The molecule has 1 unspecified atom stereocenters. The summed E-state index contributed by atoms with van der Waals surface area (Å²) in [6.07, 6.45) is 35.5. The van der Waals surface area contributed by atoms with Crippen LogP contribution in [0.25, 0.3) is 0 Å². The standard InChI is InChI=1S/C44H78NO10P/c1-6-8-10-11-12-13-14-15-16-17-18-21-24-28-36-52-41(39-55-56(50,51)54-37-35-45(3,4)5)38-53-44(49)34-29-33-43(48)42(47)32-27-23-20-19-22-26-31-40(46)30-25-9-7-2/h9,19-20,22-23,25-28,31-32,36,40-43,46-48H,6-8,10-18,21,24,29-30,33-35,37-39H2,1-5H3/p+1/b22-19+,23-20-,25-9-,31-26+,32-27-,36-28+/t40-,41-,42+,43+/m1/s1. The summed E-state index contributed by atoms with van der Waals surface area (Å²) in [5, 5.41) is 30.4. The van der Waals surface area contributed by atoms with Gasteiger partial charge in [-0.1, -0.05) is 145 Å². The van der Waals surface area contributed by atoms with Gasteiger partial charge in [0, 0.05) is 6.42 Å². The lowest BCUT2D eigenvalue weighted by Crippen LogP contribution is -2.37. The molecule has 0 bridgehead atoms. The fraction of sp³-hybridized carbons (Fsp3) is 0.705. The van der Waals surface area contributed by atoms with E-state index in [4.69, 9.17) is 18.5 Å². The lowest BCUT2D eigenvalue weighted by molar-refractivity contribution is -0.870. The van der Waals surface area contributed by atoms with Gasteiger partial charge >= 0.3 is 13.8 Å². The zero-order chi connectivity index (χ0) is 41.8. The Morgan fingerprint density at radius 3 is 1.91 bits per heavy atom. The molecule has 0 rings (SSSR count). The van der Waals surface area contributed by atoms with Gasteiger partial charge in [0.1, 0.15) is 19.8 Å². The van der Waals surface area contributed by atoms with Crippen molar-refractivity contribution in [1.29, 1.82) is 0 Å². The van der Waals surface area contributed by atoms with Gasteiger partial charge in [-0.3, -0.25) is 13.8 Å². The van der Waals surface area contributed by atoms with Crippen molar-refractivity contribution in [2.45, 2.75) is 154 Å². The van der Waals surface area contributed by atoms with Crippen molar-refractivity contribution in [1.82, 2.24) is 0 Å². The van der Waals surface area contributed by atoms with E-state index < -0.39 is 38.2 Å². The molecule has 11 nitrogen and oxygen atoms in total. The molecule has 0 spiro atoms. The number of phosphoric acid groups is 1. The number of likely N-dealkylation sites (N-methyl/N-ethyl adjacent to an activating group) is 1. The molecule has 0 aliphatic carbocycles. The van der Waals surface area contributed by atoms with Gasteiger partial charge in [-0.05, 0) is 44.6 Å². The summed E-state index contributed by atoms with van der Waals surface area (Å²) in [5.41, 5.74) is 0. The molecule has 0 aromatic heterocycles. The minimum atomic E-state index is -4.35. The second-order valence-corrected chi connectivity index (χ2v) is 16.7. The monoisotopic (exact) mass is 813 g/mol. The number of hydrogen-bond donors (Lipinski definition) is 4. The van der Waals surface area contributed by atoms with Crippen LogP contribution in [0.3, 0.4) is 0 Å². The zero-order valence-electron chi connectivity index (χ0n) is 35.4. The van der Waals surface area contributed by atoms with Crippen molar-refractivity contribution in [3.05, 3.63) is 73.1 Å². The Kier molecular flexibility index (Phi) is 34.3. The molecule has 12 heteroatoms. The van der Waals surface area contributed by atoms with Crippen molar-refractivity contribution >= 4 is 13.8 Å². The first-order chi connectivity index (χ1) is 26.8. The Morgan fingerprint density at radius 1 is 0.714 bits per heavy atom. The van der Waals surface area contributed by atoms with Crippen LogP contribution in [0.4, 0.5) is 0 Å². The van der Waals surface area contributed by atoms with Crippen molar-refractivity contribution < 1.29 is 52.6 Å². The first-order valence-electron chi connectivity index (χ1n) is 21.1. The number of rotatable bonds is 37. The number of aliphatic hydroxyl groups excluding tert-OH is 3. The number of hydrogen-bond acceptors (Lipinski definition) is 9. The molecule has 324 valence electrons. The molecule has 0 aromatic rings. The number of carbonyl (C=O) groups is 1. The molecule has 0 aliphatic heterocycles. The van der Waals surface area contributed by atoms with Gasteiger partial charge in [0.25, 0.3) is 0 Å². The van der Waals surface area contributed by atoms with E-state index in [9.17, 15) is 29.6 Å². The quantitative estimate of drug-likeness (QED) is 0.00909. The molecular weight excluding hydrogens is 733 g/mol. The summed E-state index contributed by atoms with van der Waals surface area (Å²) in [6.45, 7) is 4.29. The van der Waals surface area contributed by atoms with Gasteiger partial charge < -0.3 is 34.2 Å². The van der Waals surface area contributed by atoms with Crippen LogP contribution in [0, 0.1) is 0 Å². The third-order valence-corrected chi connectivity index (χ3v) is 9.70. The van der Waals surface area contributed by atoms with Crippen LogP contribution in [-0.4, -0.2) is 103 Å². The van der Waals surface area contributed by atoms with Crippen molar-refractivity contribution in [3.8, 4) is 0 Å². The Hall–Kier alpha value is -2.34. The largest absolute Gasteiger partial charge is 0.492 e. The van der Waals surface area contributed by atoms with E-state index in [0.29, 0.717) is 17.4 Å². The second-order valence-electron chi connectivity index (χ2n) is 15.3. The molecular formula is C44H79NO10P+. The summed E-state index contributed by atoms with van der Waals surface area (Å²) in [5.74, 6) is -0.531. The summed E-state index contributed by atoms with van der Waals surface area (Å²) >= 11 is 0. The first-order valence-corrected chi connectivity index (χ1v) is 22.5. The Labute approximate surface area is 340 Å². The minimum Gasteiger partial charge on any atom is -0.492 e. The van der Waals surface area contributed by atoms with Gasteiger partial charge in [-0.15, -0.1) is 0 Å². The number of unbranched alkanes of at least 4 members (excludes halogenated alkanes) is 12. The molecule has 0 saturated heterocycles. The van der Waals surface area contributed by atoms with Crippen molar-refractivity contribution in [2.24, 2.45) is 0 Å². The lowest BCUT2D eigenvalue weighted by atomic mass is 10.0. The maximum Gasteiger partial charge on any atom is 0.472 e. The highest BCUT2D eigenvalue weighted by molar-refractivity contribution is 7.47. The van der Waals surface area contributed by atoms with Crippen LogP contribution < -0.4 is 0 Å². The van der Waals surface area contributed by atoms with Crippen LogP contribution >= 0.6 is 7.82 Å². The van der Waals surface area contributed by atoms with Gasteiger partial charge in [-0.25, -0.2) is 4.57 Å². The molecule has 0 aliphatic rings. The van der Waals surface area contributed by atoms with Crippen molar-refractivity contribution in [2.75, 3.05) is 47.5 Å². The van der Waals surface area contributed by atoms with Gasteiger partial charge in [0.2, 0.25) is 0 Å². The summed E-state index contributed by atoms with van der Waals surface area (Å²) < 4.78 is 34.4. The maximum absolute atomic E-state index is 12.5.